The molecule has 0 unspecified atom stereocenters. The van der Waals surface area contributed by atoms with Gasteiger partial charge in [0, 0.05) is 25.2 Å². The van der Waals surface area contributed by atoms with Gasteiger partial charge in [0.2, 0.25) is 5.91 Å². The van der Waals surface area contributed by atoms with E-state index in [1.165, 1.54) is 6.07 Å². The second kappa shape index (κ2) is 6.99. The van der Waals surface area contributed by atoms with E-state index in [9.17, 15) is 14.9 Å². The van der Waals surface area contributed by atoms with Crippen LogP contribution in [0.3, 0.4) is 0 Å². The van der Waals surface area contributed by atoms with Crippen LogP contribution in [0.4, 0.5) is 17.1 Å². The number of carbonyl (C=O) groups excluding carboxylic acids is 1. The Morgan fingerprint density at radius 3 is 2.76 bits per heavy atom. The molecule has 0 saturated carbocycles. The first-order valence-electron chi connectivity index (χ1n) is 6.34. The zero-order valence-electron chi connectivity index (χ0n) is 11.2. The van der Waals surface area contributed by atoms with Crippen LogP contribution in [0, 0.1) is 10.1 Å². The Balaban J connectivity index is 1.84. The molecule has 0 aliphatic carbocycles. The third kappa shape index (κ3) is 4.27. The number of benzene rings is 1. The molecule has 0 radical (unpaired) electrons. The topological polar surface area (TPSA) is 97.2 Å². The maximum absolute atomic E-state index is 11.7. The minimum Gasteiger partial charge on any atom is -0.379 e. The van der Waals surface area contributed by atoms with Crippen LogP contribution in [0.5, 0.6) is 0 Å². The smallest absolute Gasteiger partial charge is 0.292 e. The minimum absolute atomic E-state index is 0.00910. The van der Waals surface area contributed by atoms with Crippen molar-refractivity contribution in [2.24, 2.45) is 0 Å². The second-order valence-electron chi connectivity index (χ2n) is 4.24. The highest BCUT2D eigenvalue weighted by atomic mass is 16.6. The molecule has 1 aromatic heterocycles. The molecule has 2 rings (SSSR count). The summed E-state index contributed by atoms with van der Waals surface area (Å²) in [6.45, 7) is 0.303. The first-order chi connectivity index (χ1) is 10.2. The fourth-order valence-corrected chi connectivity index (χ4v) is 1.75. The number of nitrogens with one attached hydrogen (secondary N) is 2. The van der Waals surface area contributed by atoms with Crippen molar-refractivity contribution in [3.8, 4) is 0 Å². The maximum atomic E-state index is 11.7. The molecule has 0 aliphatic heterocycles. The van der Waals surface area contributed by atoms with Gasteiger partial charge in [0.25, 0.3) is 5.69 Å². The van der Waals surface area contributed by atoms with Gasteiger partial charge in [-0.1, -0.05) is 12.1 Å². The van der Waals surface area contributed by atoms with Gasteiger partial charge in [-0.2, -0.15) is 0 Å². The van der Waals surface area contributed by atoms with Gasteiger partial charge in [-0.3, -0.25) is 19.9 Å². The van der Waals surface area contributed by atoms with Gasteiger partial charge in [0.05, 0.1) is 16.8 Å². The van der Waals surface area contributed by atoms with E-state index in [4.69, 9.17) is 0 Å². The molecular formula is C14H14N4O3. The Bertz CT molecular complexity index is 631. The molecule has 1 aromatic carbocycles. The molecule has 21 heavy (non-hydrogen) atoms. The first kappa shape index (κ1) is 14.4. The second-order valence-corrected chi connectivity index (χ2v) is 4.24. The van der Waals surface area contributed by atoms with E-state index in [0.29, 0.717) is 17.9 Å². The molecule has 0 bridgehead atoms. The van der Waals surface area contributed by atoms with E-state index in [1.807, 2.05) is 0 Å². The van der Waals surface area contributed by atoms with Crippen LogP contribution in [0.1, 0.15) is 6.42 Å². The van der Waals surface area contributed by atoms with Gasteiger partial charge >= 0.3 is 0 Å². The van der Waals surface area contributed by atoms with Crippen molar-refractivity contribution in [2.45, 2.75) is 6.42 Å². The van der Waals surface area contributed by atoms with Crippen molar-refractivity contribution < 1.29 is 9.72 Å². The van der Waals surface area contributed by atoms with Crippen molar-refractivity contribution in [1.29, 1.82) is 0 Å². The number of aromatic nitrogens is 1. The highest BCUT2D eigenvalue weighted by Gasteiger charge is 2.12. The zero-order valence-corrected chi connectivity index (χ0v) is 11.2. The van der Waals surface area contributed by atoms with E-state index >= 15 is 0 Å². The number of pyridine rings is 1. The molecule has 0 spiro atoms. The number of hydrogen-bond acceptors (Lipinski definition) is 5. The lowest BCUT2D eigenvalue weighted by atomic mass is 10.2. The van der Waals surface area contributed by atoms with Crippen LogP contribution in [0.2, 0.25) is 0 Å². The average Bonchev–Trinajstić information content (AvgIpc) is 2.48. The molecule has 7 heteroatoms. The summed E-state index contributed by atoms with van der Waals surface area (Å²) in [4.78, 5) is 26.0. The van der Waals surface area contributed by atoms with E-state index in [0.717, 1.165) is 0 Å². The lowest BCUT2D eigenvalue weighted by Gasteiger charge is -2.07. The number of anilines is 2. The lowest BCUT2D eigenvalue weighted by molar-refractivity contribution is -0.384. The third-order valence-corrected chi connectivity index (χ3v) is 2.71. The van der Waals surface area contributed by atoms with E-state index in [-0.39, 0.29) is 18.0 Å². The van der Waals surface area contributed by atoms with E-state index < -0.39 is 4.92 Å². The predicted octanol–water partition coefficient (Wildman–Crippen LogP) is 2.43. The molecule has 2 aromatic rings. The summed E-state index contributed by atoms with van der Waals surface area (Å²) in [5.41, 5.74) is 1.01. The summed E-state index contributed by atoms with van der Waals surface area (Å²) >= 11 is 0. The number of carbonyl (C=O) groups is 1. The van der Waals surface area contributed by atoms with Gasteiger partial charge in [0.15, 0.2) is 0 Å². The van der Waals surface area contributed by atoms with Crippen LogP contribution >= 0.6 is 0 Å². The quantitative estimate of drug-likeness (QED) is 0.628. The first-order valence-corrected chi connectivity index (χ1v) is 6.34. The molecule has 1 heterocycles. The number of para-hydroxylation sites is 2. The standard InChI is InChI=1S/C14H14N4O3/c19-14(17-11-4-3-8-15-10-11)7-9-16-12-5-1-2-6-13(12)18(20)21/h1-6,8,10,16H,7,9H2,(H,17,19). The summed E-state index contributed by atoms with van der Waals surface area (Å²) < 4.78 is 0. The molecule has 0 fully saturated rings. The van der Waals surface area contributed by atoms with Gasteiger partial charge < -0.3 is 10.6 Å². The molecule has 1 amide bonds. The average molecular weight is 286 g/mol. The lowest BCUT2D eigenvalue weighted by Crippen LogP contribution is -2.16. The summed E-state index contributed by atoms with van der Waals surface area (Å²) in [5, 5.41) is 16.4. The predicted molar refractivity (Wildman–Crippen MR) is 79.1 cm³/mol. The number of amides is 1. The molecule has 0 atom stereocenters. The van der Waals surface area contributed by atoms with Crippen molar-refractivity contribution in [3.63, 3.8) is 0 Å². The molecule has 7 nitrogen and oxygen atoms in total. The highest BCUT2D eigenvalue weighted by molar-refractivity contribution is 5.90. The van der Waals surface area contributed by atoms with Crippen LogP contribution in [-0.2, 0) is 4.79 Å². The number of nitro benzene ring substituents is 1. The highest BCUT2D eigenvalue weighted by Crippen LogP contribution is 2.22. The fourth-order valence-electron chi connectivity index (χ4n) is 1.75. The maximum Gasteiger partial charge on any atom is 0.292 e. The Labute approximate surface area is 121 Å². The van der Waals surface area contributed by atoms with Gasteiger partial charge in [-0.05, 0) is 18.2 Å². The summed E-state index contributed by atoms with van der Waals surface area (Å²) in [7, 11) is 0. The van der Waals surface area contributed by atoms with Gasteiger partial charge in [0.1, 0.15) is 5.69 Å². The van der Waals surface area contributed by atoms with E-state index in [2.05, 4.69) is 15.6 Å². The zero-order chi connectivity index (χ0) is 15.1. The minimum atomic E-state index is -0.460. The Hall–Kier alpha value is -2.96. The molecule has 108 valence electrons. The fraction of sp³-hybridized carbons (Fsp3) is 0.143. The molecule has 0 aliphatic rings. The Kier molecular flexibility index (Phi) is 4.81. The number of hydrogen-bond donors (Lipinski definition) is 2. The summed E-state index contributed by atoms with van der Waals surface area (Å²) in [5.74, 6) is -0.186. The number of rotatable bonds is 6. The van der Waals surface area contributed by atoms with Crippen LogP contribution in [0.25, 0.3) is 0 Å². The Morgan fingerprint density at radius 1 is 1.24 bits per heavy atom. The molecule has 0 saturated heterocycles. The van der Waals surface area contributed by atoms with E-state index in [1.54, 1.807) is 42.7 Å². The van der Waals surface area contributed by atoms with Crippen molar-refractivity contribution in [3.05, 3.63) is 58.9 Å². The summed E-state index contributed by atoms with van der Waals surface area (Å²) in [6, 6.07) is 9.78. The van der Waals surface area contributed by atoms with Gasteiger partial charge in [-0.15, -0.1) is 0 Å². The normalized spacial score (nSPS) is 9.90. The third-order valence-electron chi connectivity index (χ3n) is 2.71. The monoisotopic (exact) mass is 286 g/mol. The Morgan fingerprint density at radius 2 is 2.05 bits per heavy atom. The van der Waals surface area contributed by atoms with Crippen molar-refractivity contribution in [1.82, 2.24) is 4.98 Å². The summed E-state index contributed by atoms with van der Waals surface area (Å²) in [6.07, 6.45) is 3.36. The largest absolute Gasteiger partial charge is 0.379 e. The SMILES string of the molecule is O=C(CCNc1ccccc1[N+](=O)[O-])Nc1cccnc1. The molecular weight excluding hydrogens is 272 g/mol. The van der Waals surface area contributed by atoms with Crippen LogP contribution < -0.4 is 10.6 Å². The van der Waals surface area contributed by atoms with Crippen LogP contribution in [-0.4, -0.2) is 22.4 Å². The van der Waals surface area contributed by atoms with Gasteiger partial charge in [-0.25, -0.2) is 0 Å². The van der Waals surface area contributed by atoms with Crippen molar-refractivity contribution >= 4 is 23.0 Å². The molecule has 2 N–H and O–H groups in total. The number of nitro groups is 1. The van der Waals surface area contributed by atoms with Crippen molar-refractivity contribution in [2.75, 3.05) is 17.2 Å². The number of nitrogens with zero attached hydrogens (tertiary/aromatic N) is 2. The van der Waals surface area contributed by atoms with Crippen LogP contribution in [0.15, 0.2) is 48.8 Å².